The topological polar surface area (TPSA) is 156 Å². The van der Waals surface area contributed by atoms with Gasteiger partial charge in [0.25, 0.3) is 5.91 Å². The number of aromatic nitrogens is 6. The molecule has 2 aromatic carbocycles. The van der Waals surface area contributed by atoms with E-state index in [4.69, 9.17) is 21.7 Å². The average molecular weight is 793 g/mol. The van der Waals surface area contributed by atoms with Crippen molar-refractivity contribution in [1.82, 2.24) is 45.3 Å². The van der Waals surface area contributed by atoms with Crippen LogP contribution >= 0.6 is 11.6 Å². The Morgan fingerprint density at radius 1 is 1.11 bits per heavy atom. The van der Waals surface area contributed by atoms with Gasteiger partial charge in [0, 0.05) is 11.1 Å². The van der Waals surface area contributed by atoms with E-state index < -0.39 is 65.6 Å². The fraction of sp³-hybridized carbons (Fsp3) is 0.457. The molecule has 2 aliphatic carbocycles. The molecular formula is C35H35ClF6N10O3. The molecule has 0 bridgehead atoms. The second-order valence-electron chi connectivity index (χ2n) is 15.1. The third-order valence-electron chi connectivity index (χ3n) is 9.76. The number of hydrogen-bond donors (Lipinski definition) is 3. The number of rotatable bonds is 11. The van der Waals surface area contributed by atoms with Crippen LogP contribution in [0.3, 0.4) is 0 Å². The minimum Gasteiger partial charge on any atom is -0.447 e. The molecule has 0 radical (unpaired) electrons. The zero-order valence-corrected chi connectivity index (χ0v) is 30.4. The second-order valence-corrected chi connectivity index (χ2v) is 15.5. The maximum absolute atomic E-state index is 16.0. The Bertz CT molecular complexity index is 2160. The van der Waals surface area contributed by atoms with Gasteiger partial charge in [0.2, 0.25) is 0 Å². The van der Waals surface area contributed by atoms with Gasteiger partial charge in [0.15, 0.2) is 11.8 Å². The molecule has 20 heteroatoms. The molecule has 2 amide bonds. The Morgan fingerprint density at radius 2 is 1.84 bits per heavy atom. The van der Waals surface area contributed by atoms with E-state index in [2.05, 4.69) is 25.6 Å². The lowest BCUT2D eigenvalue weighted by Crippen LogP contribution is -2.49. The first-order chi connectivity index (χ1) is 25.8. The maximum atomic E-state index is 16.0. The summed E-state index contributed by atoms with van der Waals surface area (Å²) >= 11 is 6.42. The highest BCUT2D eigenvalue weighted by molar-refractivity contribution is 6.33. The molecule has 0 unspecified atom stereocenters. The highest BCUT2D eigenvalue weighted by Gasteiger charge is 2.65. The summed E-state index contributed by atoms with van der Waals surface area (Å²) in [7, 11) is 0. The second kappa shape index (κ2) is 13.5. The molecule has 2 saturated carbocycles. The number of carbonyl (C=O) groups is 2. The molecule has 13 nitrogen and oxygen atoms in total. The fourth-order valence-electron chi connectivity index (χ4n) is 6.82. The van der Waals surface area contributed by atoms with Crippen molar-refractivity contribution in [3.63, 3.8) is 0 Å². The van der Waals surface area contributed by atoms with Gasteiger partial charge in [-0.3, -0.25) is 15.1 Å². The highest BCUT2D eigenvalue weighted by atomic mass is 35.5. The highest BCUT2D eigenvalue weighted by Crippen LogP contribution is 2.49. The van der Waals surface area contributed by atoms with Gasteiger partial charge in [-0.25, -0.2) is 14.2 Å². The quantitative estimate of drug-likeness (QED) is 0.134. The lowest BCUT2D eigenvalue weighted by Gasteiger charge is -2.35. The number of benzene rings is 2. The van der Waals surface area contributed by atoms with Gasteiger partial charge in [-0.05, 0) is 72.9 Å². The Kier molecular flexibility index (Phi) is 9.37. The third-order valence-corrected chi connectivity index (χ3v) is 10.1. The van der Waals surface area contributed by atoms with E-state index >= 15 is 4.39 Å². The first-order valence-electron chi connectivity index (χ1n) is 17.2. The number of nitrogens with one attached hydrogen (secondary N) is 3. The van der Waals surface area contributed by atoms with Crippen LogP contribution in [0.5, 0.6) is 0 Å². The van der Waals surface area contributed by atoms with E-state index in [1.165, 1.54) is 47.4 Å². The molecule has 2 atom stereocenters. The van der Waals surface area contributed by atoms with Crippen molar-refractivity contribution in [2.75, 3.05) is 6.61 Å². The number of guanidine groups is 1. The molecule has 0 spiro atoms. The summed E-state index contributed by atoms with van der Waals surface area (Å²) in [5, 5.41) is 26.0. The Morgan fingerprint density at radius 3 is 2.45 bits per heavy atom. The first-order valence-corrected chi connectivity index (χ1v) is 17.6. The van der Waals surface area contributed by atoms with Crippen molar-refractivity contribution in [1.29, 1.82) is 5.41 Å². The number of halogens is 7. The zero-order valence-electron chi connectivity index (χ0n) is 29.6. The molecule has 1 saturated heterocycles. The summed E-state index contributed by atoms with van der Waals surface area (Å²) < 4.78 is 90.3. The van der Waals surface area contributed by atoms with E-state index in [0.717, 1.165) is 24.1 Å². The molecule has 3 heterocycles. The van der Waals surface area contributed by atoms with Crippen molar-refractivity contribution in [2.24, 2.45) is 5.41 Å². The van der Waals surface area contributed by atoms with Crippen molar-refractivity contribution in [2.45, 2.75) is 88.8 Å². The van der Waals surface area contributed by atoms with Gasteiger partial charge in [-0.2, -0.15) is 46.7 Å². The van der Waals surface area contributed by atoms with E-state index in [9.17, 15) is 31.5 Å². The van der Waals surface area contributed by atoms with Crippen LogP contribution in [-0.2, 0) is 15.1 Å². The van der Waals surface area contributed by atoms with E-state index in [-0.39, 0.29) is 64.1 Å². The largest absolute Gasteiger partial charge is 0.447 e. The fourth-order valence-corrected chi connectivity index (χ4v) is 7.02. The zero-order chi connectivity index (χ0) is 39.7. The smallest absolute Gasteiger partial charge is 0.411 e. The Labute approximate surface area is 314 Å². The summed E-state index contributed by atoms with van der Waals surface area (Å²) in [6.45, 7) is 1.59. The molecular weight excluding hydrogens is 758 g/mol. The van der Waals surface area contributed by atoms with Crippen LogP contribution in [0.2, 0.25) is 5.02 Å². The maximum Gasteiger partial charge on any atom is 0.411 e. The van der Waals surface area contributed by atoms with E-state index in [1.807, 2.05) is 26.1 Å². The molecule has 7 rings (SSSR count). The minimum atomic E-state index is -4.75. The summed E-state index contributed by atoms with van der Waals surface area (Å²) in [6, 6.07) is 6.84. The molecule has 1 aliphatic heterocycles. The van der Waals surface area contributed by atoms with E-state index in [0.29, 0.717) is 4.68 Å². The van der Waals surface area contributed by atoms with Crippen LogP contribution < -0.4 is 10.6 Å². The van der Waals surface area contributed by atoms with Crippen molar-refractivity contribution in [3.8, 4) is 22.6 Å². The summed E-state index contributed by atoms with van der Waals surface area (Å²) in [5.74, 6) is -2.36. The predicted molar refractivity (Wildman–Crippen MR) is 184 cm³/mol. The molecule has 3 N–H and O–H groups in total. The predicted octanol–water partition coefficient (Wildman–Crippen LogP) is 7.29. The van der Waals surface area contributed by atoms with Crippen LogP contribution in [0.1, 0.15) is 82.6 Å². The summed E-state index contributed by atoms with van der Waals surface area (Å²) in [5.41, 5.74) is -4.28. The number of hydrogen-bond acceptors (Lipinski definition) is 8. The number of ether oxygens (including phenoxy) is 1. The standard InChI is InChI=1S/C35H35ClF6N10O3/c1-32(2,3)16-34(19-5-8-21(24(37)13-19)25-14-45-52(49-25)20-6-7-20)28(53)50(30(43)47-34)26(15-55-31(54)48-33(10-11-33)35(40,41)42)18-4-9-23(36)22(12-18)27-44-17-46-51(27)29(38)39/h4-5,8-9,12-14,17,20,26,29H,6-7,10-11,15-16H2,1-3H3,(H2,43,47)(H,48,54)/t26-,34-/m1/s1. The number of amides is 2. The lowest BCUT2D eigenvalue weighted by atomic mass is 9.75. The van der Waals surface area contributed by atoms with Crippen molar-refractivity contribution >= 4 is 29.6 Å². The molecule has 3 aliphatic rings. The van der Waals surface area contributed by atoms with Crippen LogP contribution in [0, 0.1) is 16.6 Å². The molecule has 3 fully saturated rings. The number of alkyl halides is 5. The number of carbonyl (C=O) groups excluding carboxylic acids is 2. The average Bonchev–Trinajstić information content (AvgIpc) is 3.97. The Hall–Kier alpha value is -5.20. The monoisotopic (exact) mass is 792 g/mol. The number of nitrogens with zero attached hydrogens (tertiary/aromatic N) is 7. The van der Waals surface area contributed by atoms with Crippen LogP contribution in [0.25, 0.3) is 22.6 Å². The van der Waals surface area contributed by atoms with Crippen LogP contribution in [-0.4, -0.2) is 70.9 Å². The van der Waals surface area contributed by atoms with E-state index in [1.54, 1.807) is 0 Å². The van der Waals surface area contributed by atoms with Crippen molar-refractivity contribution < 1.29 is 40.7 Å². The molecule has 55 heavy (non-hydrogen) atoms. The Balaban J connectivity index is 1.28. The van der Waals surface area contributed by atoms with Gasteiger partial charge in [0.05, 0.1) is 23.3 Å². The summed E-state index contributed by atoms with van der Waals surface area (Å²) in [6.07, 6.45) is -2.72. The first kappa shape index (κ1) is 38.1. The number of alkyl carbamates (subject to hydrolysis) is 1. The van der Waals surface area contributed by atoms with Gasteiger partial charge < -0.3 is 15.4 Å². The minimum absolute atomic E-state index is 0.0138. The normalized spacial score (nSPS) is 20.2. The van der Waals surface area contributed by atoms with Crippen LogP contribution in [0.4, 0.5) is 31.1 Å². The van der Waals surface area contributed by atoms with Gasteiger partial charge in [0.1, 0.15) is 35.5 Å². The SMILES string of the molecule is CC(C)(C)C[C@]1(c2ccc(-c3cnn(C4CC4)n3)c(F)c2)NC(=N)N([C@H](COC(=O)NC2(C(F)(F)F)CC2)c2ccc(Cl)c(-c3ncnn3C(F)F)c2)C1=O. The molecule has 4 aromatic rings. The summed E-state index contributed by atoms with van der Waals surface area (Å²) in [4.78, 5) is 34.2. The van der Waals surface area contributed by atoms with Crippen molar-refractivity contribution in [3.05, 3.63) is 70.9 Å². The lowest BCUT2D eigenvalue weighted by molar-refractivity contribution is -0.164. The van der Waals surface area contributed by atoms with Gasteiger partial charge in [-0.15, -0.1) is 0 Å². The van der Waals surface area contributed by atoms with Gasteiger partial charge in [-0.1, -0.05) is 44.5 Å². The molecule has 292 valence electrons. The molecule has 2 aromatic heterocycles. The third kappa shape index (κ3) is 7.20. The van der Waals surface area contributed by atoms with Crippen LogP contribution in [0.15, 0.2) is 48.9 Å². The van der Waals surface area contributed by atoms with Gasteiger partial charge >= 0.3 is 18.8 Å².